The number of aromatic hydroxyl groups is 1. The summed E-state index contributed by atoms with van der Waals surface area (Å²) in [6, 6.07) is 12.3. The maximum Gasteiger partial charge on any atom is 0.250 e. The van der Waals surface area contributed by atoms with Gasteiger partial charge in [0.1, 0.15) is 5.75 Å². The first kappa shape index (κ1) is 20.4. The average molecular weight is 481 g/mol. The van der Waals surface area contributed by atoms with Gasteiger partial charge in [0.25, 0.3) is 5.91 Å². The van der Waals surface area contributed by atoms with Gasteiger partial charge in [0.2, 0.25) is 0 Å². The minimum atomic E-state index is -0.310. The van der Waals surface area contributed by atoms with Crippen molar-refractivity contribution < 1.29 is 9.90 Å². The van der Waals surface area contributed by atoms with Crippen LogP contribution in [0.3, 0.4) is 0 Å². The molecule has 144 valence electrons. The van der Waals surface area contributed by atoms with E-state index in [1.165, 1.54) is 24.0 Å². The van der Waals surface area contributed by atoms with E-state index in [2.05, 4.69) is 36.7 Å². The van der Waals surface area contributed by atoms with Crippen LogP contribution in [-0.2, 0) is 11.8 Å². The van der Waals surface area contributed by atoms with Gasteiger partial charge in [0, 0.05) is 27.7 Å². The van der Waals surface area contributed by atoms with Crippen LogP contribution >= 0.6 is 39.3 Å². The number of nitrogens with one attached hydrogen (secondary N) is 1. The van der Waals surface area contributed by atoms with Gasteiger partial charge in [0.05, 0.1) is 12.0 Å². The van der Waals surface area contributed by atoms with Gasteiger partial charge < -0.3 is 9.67 Å². The molecule has 0 aliphatic carbocycles. The fraction of sp³-hybridized carbons (Fsp3) is 0.111. The number of hydrogen-bond acceptors (Lipinski definition) is 6. The number of nitrogens with zero attached hydrogens (tertiary/aromatic N) is 4. The van der Waals surface area contributed by atoms with Gasteiger partial charge in [-0.3, -0.25) is 4.79 Å². The Morgan fingerprint density at radius 1 is 1.36 bits per heavy atom. The average Bonchev–Trinajstić information content (AvgIpc) is 3.03. The van der Waals surface area contributed by atoms with Gasteiger partial charge in [-0.2, -0.15) is 5.10 Å². The monoisotopic (exact) mass is 479 g/mol. The highest BCUT2D eigenvalue weighted by Crippen LogP contribution is 2.24. The lowest BCUT2D eigenvalue weighted by Gasteiger charge is -2.04. The van der Waals surface area contributed by atoms with Crippen LogP contribution in [0.5, 0.6) is 5.75 Å². The molecule has 0 unspecified atom stereocenters. The van der Waals surface area contributed by atoms with E-state index in [9.17, 15) is 9.90 Å². The Labute approximate surface area is 178 Å². The lowest BCUT2D eigenvalue weighted by atomic mass is 10.2. The van der Waals surface area contributed by atoms with E-state index in [0.29, 0.717) is 21.6 Å². The molecule has 3 aromatic rings. The van der Waals surface area contributed by atoms with Crippen LogP contribution in [0.4, 0.5) is 0 Å². The first-order valence-corrected chi connectivity index (χ1v) is 10.2. The molecule has 28 heavy (non-hydrogen) atoms. The number of carbonyl (C=O) groups is 1. The summed E-state index contributed by atoms with van der Waals surface area (Å²) in [4.78, 5) is 12.0. The van der Waals surface area contributed by atoms with Crippen LogP contribution in [0.15, 0.2) is 57.2 Å². The zero-order valence-corrected chi connectivity index (χ0v) is 17.8. The summed E-state index contributed by atoms with van der Waals surface area (Å²) in [5.74, 6) is 0.535. The molecule has 0 radical (unpaired) electrons. The van der Waals surface area contributed by atoms with Crippen LogP contribution < -0.4 is 5.43 Å². The Morgan fingerprint density at radius 2 is 2.18 bits per heavy atom. The number of rotatable bonds is 6. The molecule has 1 heterocycles. The van der Waals surface area contributed by atoms with Crippen molar-refractivity contribution in [3.05, 3.63) is 57.5 Å². The number of aromatic nitrogens is 3. The minimum absolute atomic E-state index is 0.0240. The molecule has 10 heteroatoms. The first-order valence-electron chi connectivity index (χ1n) is 8.02. The lowest BCUT2D eigenvalue weighted by molar-refractivity contribution is -0.118. The molecule has 1 aromatic heterocycles. The number of benzene rings is 2. The number of phenols is 1. The largest absolute Gasteiger partial charge is 0.507 e. The third kappa shape index (κ3) is 5.12. The number of phenolic OH excluding ortho intramolecular Hbond substituents is 1. The molecule has 0 aliphatic heterocycles. The zero-order chi connectivity index (χ0) is 20.1. The fourth-order valence-corrected chi connectivity index (χ4v) is 3.57. The lowest BCUT2D eigenvalue weighted by Crippen LogP contribution is -2.19. The van der Waals surface area contributed by atoms with E-state index in [4.69, 9.17) is 11.6 Å². The highest BCUT2D eigenvalue weighted by molar-refractivity contribution is 9.10. The Morgan fingerprint density at radius 3 is 2.96 bits per heavy atom. The maximum absolute atomic E-state index is 12.0. The fourth-order valence-electron chi connectivity index (χ4n) is 2.28. The van der Waals surface area contributed by atoms with Crippen LogP contribution in [0.1, 0.15) is 5.56 Å². The van der Waals surface area contributed by atoms with Crippen molar-refractivity contribution in [2.24, 2.45) is 12.1 Å². The van der Waals surface area contributed by atoms with Crippen molar-refractivity contribution >= 4 is 51.4 Å². The minimum Gasteiger partial charge on any atom is -0.507 e. The molecule has 7 nitrogen and oxygen atoms in total. The predicted molar refractivity (Wildman–Crippen MR) is 114 cm³/mol. The van der Waals surface area contributed by atoms with E-state index in [-0.39, 0.29) is 17.4 Å². The maximum atomic E-state index is 12.0. The Kier molecular flexibility index (Phi) is 6.71. The summed E-state index contributed by atoms with van der Waals surface area (Å²) in [7, 11) is 1.84. The summed E-state index contributed by atoms with van der Waals surface area (Å²) < 4.78 is 2.78. The summed E-state index contributed by atoms with van der Waals surface area (Å²) >= 11 is 10.6. The highest BCUT2D eigenvalue weighted by Gasteiger charge is 2.13. The number of hydrazone groups is 1. The molecule has 1 amide bonds. The second-order valence-corrected chi connectivity index (χ2v) is 7.96. The van der Waals surface area contributed by atoms with Crippen LogP contribution in [-0.4, -0.2) is 37.7 Å². The van der Waals surface area contributed by atoms with E-state index in [1.54, 1.807) is 12.1 Å². The summed E-state index contributed by atoms with van der Waals surface area (Å²) in [6.45, 7) is 0. The normalized spacial score (nSPS) is 11.1. The number of amides is 1. The van der Waals surface area contributed by atoms with Crippen molar-refractivity contribution in [3.63, 3.8) is 0 Å². The topological polar surface area (TPSA) is 92.4 Å². The van der Waals surface area contributed by atoms with Gasteiger partial charge in [-0.1, -0.05) is 51.4 Å². The van der Waals surface area contributed by atoms with Gasteiger partial charge in [-0.05, 0) is 30.3 Å². The molecule has 0 atom stereocenters. The zero-order valence-electron chi connectivity index (χ0n) is 14.6. The second-order valence-electron chi connectivity index (χ2n) is 5.66. The molecule has 0 saturated carbocycles. The molecule has 0 bridgehead atoms. The molecular formula is C18H15BrClN5O2S. The van der Waals surface area contributed by atoms with Crippen molar-refractivity contribution in [1.29, 1.82) is 0 Å². The highest BCUT2D eigenvalue weighted by atomic mass is 79.9. The van der Waals surface area contributed by atoms with Crippen molar-refractivity contribution in [3.8, 4) is 17.1 Å². The van der Waals surface area contributed by atoms with Crippen molar-refractivity contribution in [2.75, 3.05) is 5.75 Å². The summed E-state index contributed by atoms with van der Waals surface area (Å²) in [5.41, 5.74) is 3.74. The molecule has 2 aromatic carbocycles. The van der Waals surface area contributed by atoms with E-state index in [1.807, 2.05) is 35.9 Å². The van der Waals surface area contributed by atoms with Gasteiger partial charge >= 0.3 is 0 Å². The summed E-state index contributed by atoms with van der Waals surface area (Å²) in [5, 5.41) is 23.0. The Hall–Kier alpha value is -2.36. The second kappa shape index (κ2) is 9.22. The number of hydrogen-bond donors (Lipinski definition) is 2. The van der Waals surface area contributed by atoms with Gasteiger partial charge in [-0.25, -0.2) is 5.43 Å². The van der Waals surface area contributed by atoms with Gasteiger partial charge in [-0.15, -0.1) is 10.2 Å². The molecule has 0 spiro atoms. The van der Waals surface area contributed by atoms with Crippen LogP contribution in [0.2, 0.25) is 5.02 Å². The van der Waals surface area contributed by atoms with Crippen molar-refractivity contribution in [1.82, 2.24) is 20.2 Å². The number of halogens is 2. The van der Waals surface area contributed by atoms with Crippen LogP contribution in [0, 0.1) is 0 Å². The molecule has 0 aliphatic rings. The molecule has 2 N–H and O–H groups in total. The third-order valence-electron chi connectivity index (χ3n) is 3.63. The Balaban J connectivity index is 1.58. The Bertz CT molecular complexity index is 1040. The molecule has 0 fully saturated rings. The predicted octanol–water partition coefficient (Wildman–Crippen LogP) is 3.85. The third-order valence-corrected chi connectivity index (χ3v) is 5.38. The SMILES string of the molecule is Cn1c(SCC(=O)NN=Cc2cc(Cl)ccc2O)nnc1-c1cccc(Br)c1. The number of thioether (sulfide) groups is 1. The van der Waals surface area contributed by atoms with Crippen molar-refractivity contribution in [2.45, 2.75) is 5.16 Å². The van der Waals surface area contributed by atoms with Gasteiger partial charge in [0.15, 0.2) is 11.0 Å². The number of carbonyl (C=O) groups excluding carboxylic acids is 1. The van der Waals surface area contributed by atoms with Crippen LogP contribution in [0.25, 0.3) is 11.4 Å². The van der Waals surface area contributed by atoms with E-state index >= 15 is 0 Å². The van der Waals surface area contributed by atoms with E-state index in [0.717, 1.165) is 10.0 Å². The van der Waals surface area contributed by atoms with E-state index < -0.39 is 0 Å². The first-order chi connectivity index (χ1) is 13.4. The standard InChI is InChI=1S/C18H15BrClN5O2S/c1-25-17(11-3-2-4-13(19)7-11)23-24-18(25)28-10-16(27)22-21-9-12-8-14(20)5-6-15(12)26/h2-9,26H,10H2,1H3,(H,22,27). The quantitative estimate of drug-likeness (QED) is 0.318. The molecular weight excluding hydrogens is 466 g/mol. The summed E-state index contributed by atoms with van der Waals surface area (Å²) in [6.07, 6.45) is 1.33. The smallest absolute Gasteiger partial charge is 0.250 e. The molecule has 0 saturated heterocycles. The molecule has 3 rings (SSSR count).